The molecule has 0 bridgehead atoms. The van der Waals surface area contributed by atoms with Crippen LogP contribution in [0.2, 0.25) is 0 Å². The Balaban J connectivity index is 3.38. The topological polar surface area (TPSA) is 113 Å². The van der Waals surface area contributed by atoms with E-state index in [-0.39, 0.29) is 6.61 Å². The highest BCUT2D eigenvalue weighted by atomic mass is 31.2. The van der Waals surface area contributed by atoms with Gasteiger partial charge in [-0.3, -0.25) is 4.52 Å². The number of aliphatic hydroxyl groups is 1. The fraction of sp³-hybridized carbons (Fsp3) is 1.00. The second-order valence-electron chi connectivity index (χ2n) is 7.17. The largest absolute Gasteiger partial charge is 0.469 e. The lowest BCUT2D eigenvalue weighted by molar-refractivity contribution is 0.0931. The van der Waals surface area contributed by atoms with Gasteiger partial charge in [-0.1, -0.05) is 78.1 Å². The molecule has 0 radical (unpaired) electrons. The summed E-state index contributed by atoms with van der Waals surface area (Å²) in [6, 6.07) is -0.761. The Labute approximate surface area is 147 Å². The van der Waals surface area contributed by atoms with Crippen LogP contribution in [0, 0.1) is 5.92 Å². The molecule has 0 heterocycles. The molecule has 2 atom stereocenters. The van der Waals surface area contributed by atoms with Gasteiger partial charge in [-0.25, -0.2) is 4.57 Å². The Hall–Kier alpha value is 0.0300. The molecule has 0 aliphatic carbocycles. The van der Waals surface area contributed by atoms with Gasteiger partial charge in [-0.2, -0.15) is 0 Å². The molecule has 0 saturated carbocycles. The molecule has 6 nitrogen and oxygen atoms in total. The predicted molar refractivity (Wildman–Crippen MR) is 97.6 cm³/mol. The third kappa shape index (κ3) is 16.9. The first-order chi connectivity index (χ1) is 11.2. The van der Waals surface area contributed by atoms with Crippen molar-refractivity contribution in [3.63, 3.8) is 0 Å². The number of phosphoric acid groups is 1. The minimum absolute atomic E-state index is 0.331. The molecule has 0 aliphatic heterocycles. The zero-order valence-corrected chi connectivity index (χ0v) is 16.3. The minimum Gasteiger partial charge on any atom is -0.391 e. The van der Waals surface area contributed by atoms with Crippen LogP contribution in [0.15, 0.2) is 0 Å². The van der Waals surface area contributed by atoms with Crippen LogP contribution in [-0.2, 0) is 9.09 Å². The molecule has 146 valence electrons. The number of nitrogens with two attached hydrogens (primary N) is 1. The summed E-state index contributed by atoms with van der Waals surface area (Å²) in [5.74, 6) is 0.817. The van der Waals surface area contributed by atoms with Gasteiger partial charge >= 0.3 is 7.82 Å². The Morgan fingerprint density at radius 2 is 1.29 bits per heavy atom. The molecule has 0 aromatic heterocycles. The van der Waals surface area contributed by atoms with E-state index in [1.165, 1.54) is 44.9 Å². The van der Waals surface area contributed by atoms with Crippen LogP contribution in [0.1, 0.15) is 84.5 Å². The van der Waals surface area contributed by atoms with Crippen LogP contribution >= 0.6 is 7.82 Å². The molecule has 5 N–H and O–H groups in total. The van der Waals surface area contributed by atoms with Gasteiger partial charge in [0.25, 0.3) is 0 Å². The van der Waals surface area contributed by atoms with E-state index in [2.05, 4.69) is 18.4 Å². The minimum atomic E-state index is -4.51. The maximum absolute atomic E-state index is 10.6. The van der Waals surface area contributed by atoms with E-state index in [0.29, 0.717) is 6.42 Å². The Kier molecular flexibility index (Phi) is 14.2. The number of hydrogen-bond donors (Lipinski definition) is 4. The summed E-state index contributed by atoms with van der Waals surface area (Å²) in [4.78, 5) is 17.2. The maximum Gasteiger partial charge on any atom is 0.469 e. The van der Waals surface area contributed by atoms with Gasteiger partial charge in [0.05, 0.1) is 18.8 Å². The molecule has 0 aliphatic rings. The molecule has 0 rings (SSSR count). The number of hydrogen-bond acceptors (Lipinski definition) is 4. The predicted octanol–water partition coefficient (Wildman–Crippen LogP) is 3.73. The Morgan fingerprint density at radius 3 is 1.71 bits per heavy atom. The highest BCUT2D eigenvalue weighted by Gasteiger charge is 2.20. The molecule has 0 unspecified atom stereocenters. The summed E-state index contributed by atoms with van der Waals surface area (Å²) in [6.45, 7) is 4.21. The molecule has 0 fully saturated rings. The molecule has 0 aromatic carbocycles. The second kappa shape index (κ2) is 14.2. The van der Waals surface area contributed by atoms with E-state index >= 15 is 0 Å². The summed E-state index contributed by atoms with van der Waals surface area (Å²) in [6.07, 6.45) is 12.0. The SMILES string of the molecule is CC(C)CCCCCCCCCCC[C@@H](O)[C@@H](N)COP(=O)(O)O. The average Bonchev–Trinajstić information content (AvgIpc) is 2.48. The number of phosphoric ester groups is 1. The van der Waals surface area contributed by atoms with Crippen molar-refractivity contribution in [3.8, 4) is 0 Å². The standard InChI is InChI=1S/C17H38NO5P/c1-15(2)12-10-8-6-4-3-5-7-9-11-13-17(19)16(18)14-23-24(20,21)22/h15-17,19H,3-14,18H2,1-2H3,(H2,20,21,22)/t16-,17+/m0/s1. The monoisotopic (exact) mass is 367 g/mol. The van der Waals surface area contributed by atoms with Crippen molar-refractivity contribution in [3.05, 3.63) is 0 Å². The van der Waals surface area contributed by atoms with Crippen molar-refractivity contribution >= 4 is 7.82 Å². The van der Waals surface area contributed by atoms with Gasteiger partial charge in [0.15, 0.2) is 0 Å². The van der Waals surface area contributed by atoms with Crippen molar-refractivity contribution < 1.29 is 24.0 Å². The van der Waals surface area contributed by atoms with Gasteiger partial charge in [0.1, 0.15) is 0 Å². The smallest absolute Gasteiger partial charge is 0.391 e. The van der Waals surface area contributed by atoms with Gasteiger partial charge in [0.2, 0.25) is 0 Å². The van der Waals surface area contributed by atoms with Crippen molar-refractivity contribution in [1.29, 1.82) is 0 Å². The molecule has 0 saturated heterocycles. The lowest BCUT2D eigenvalue weighted by Crippen LogP contribution is -2.38. The summed E-state index contributed by atoms with van der Waals surface area (Å²) in [7, 11) is -4.51. The summed E-state index contributed by atoms with van der Waals surface area (Å²) in [5.41, 5.74) is 5.65. The van der Waals surface area contributed by atoms with Crippen LogP contribution in [-0.4, -0.2) is 33.6 Å². The van der Waals surface area contributed by atoms with Crippen LogP contribution in [0.5, 0.6) is 0 Å². The van der Waals surface area contributed by atoms with Gasteiger partial charge in [-0.05, 0) is 12.3 Å². The highest BCUT2D eigenvalue weighted by Crippen LogP contribution is 2.35. The molecular formula is C17H38NO5P. The molecular weight excluding hydrogens is 329 g/mol. The van der Waals surface area contributed by atoms with Gasteiger partial charge in [-0.15, -0.1) is 0 Å². The fourth-order valence-electron chi connectivity index (χ4n) is 2.65. The van der Waals surface area contributed by atoms with Gasteiger partial charge in [0, 0.05) is 0 Å². The van der Waals surface area contributed by atoms with Crippen molar-refractivity contribution in [1.82, 2.24) is 0 Å². The molecule has 0 spiro atoms. The highest BCUT2D eigenvalue weighted by molar-refractivity contribution is 7.46. The lowest BCUT2D eigenvalue weighted by Gasteiger charge is -2.18. The van der Waals surface area contributed by atoms with E-state index in [9.17, 15) is 9.67 Å². The van der Waals surface area contributed by atoms with Gasteiger partial charge < -0.3 is 20.6 Å². The molecule has 0 amide bonds. The van der Waals surface area contributed by atoms with E-state index in [1.54, 1.807) is 0 Å². The van der Waals surface area contributed by atoms with Crippen LogP contribution < -0.4 is 5.73 Å². The lowest BCUT2D eigenvalue weighted by atomic mass is 10.0. The third-order valence-electron chi connectivity index (χ3n) is 4.21. The Morgan fingerprint density at radius 1 is 0.875 bits per heavy atom. The second-order valence-corrected chi connectivity index (χ2v) is 8.41. The van der Waals surface area contributed by atoms with Crippen molar-refractivity contribution in [2.75, 3.05) is 6.61 Å². The first-order valence-corrected chi connectivity index (χ1v) is 10.9. The first kappa shape index (κ1) is 24.0. The molecule has 24 heavy (non-hydrogen) atoms. The first-order valence-electron chi connectivity index (χ1n) is 9.36. The summed E-state index contributed by atoms with van der Waals surface area (Å²) in [5, 5.41) is 9.82. The number of unbranched alkanes of at least 4 members (excludes halogenated alkanes) is 8. The third-order valence-corrected chi connectivity index (χ3v) is 4.70. The van der Waals surface area contributed by atoms with Crippen molar-refractivity contribution in [2.24, 2.45) is 11.7 Å². The number of aliphatic hydroxyl groups excluding tert-OH is 1. The van der Waals surface area contributed by atoms with Crippen molar-refractivity contribution in [2.45, 2.75) is 96.6 Å². The van der Waals surface area contributed by atoms with Crippen LogP contribution in [0.4, 0.5) is 0 Å². The normalized spacial score (nSPS) is 15.0. The fourth-order valence-corrected chi connectivity index (χ4v) is 3.02. The van der Waals surface area contributed by atoms with E-state index in [1.807, 2.05) is 0 Å². The zero-order chi connectivity index (χ0) is 18.4. The average molecular weight is 367 g/mol. The molecule has 7 heteroatoms. The van der Waals surface area contributed by atoms with E-state index < -0.39 is 20.0 Å². The van der Waals surface area contributed by atoms with E-state index in [4.69, 9.17) is 15.5 Å². The number of rotatable bonds is 16. The zero-order valence-electron chi connectivity index (χ0n) is 15.4. The summed E-state index contributed by atoms with van der Waals surface area (Å²) >= 11 is 0. The Bertz CT molecular complexity index is 335. The summed E-state index contributed by atoms with van der Waals surface area (Å²) < 4.78 is 14.9. The van der Waals surface area contributed by atoms with E-state index in [0.717, 1.165) is 25.2 Å². The quantitative estimate of drug-likeness (QED) is 0.244. The molecule has 0 aromatic rings. The van der Waals surface area contributed by atoms with Crippen LogP contribution in [0.25, 0.3) is 0 Å². The van der Waals surface area contributed by atoms with Crippen LogP contribution in [0.3, 0.4) is 0 Å². The maximum atomic E-state index is 10.6.